The maximum atomic E-state index is 13.1. The Morgan fingerprint density at radius 2 is 1.91 bits per heavy atom. The van der Waals surface area contributed by atoms with Crippen molar-refractivity contribution in [1.29, 1.82) is 0 Å². The molecular formula is C26H34N2O5. The Balaban J connectivity index is 1.46. The Kier molecular flexibility index (Phi) is 8.58. The van der Waals surface area contributed by atoms with Crippen molar-refractivity contribution >= 4 is 5.91 Å². The minimum absolute atomic E-state index is 0.0664. The summed E-state index contributed by atoms with van der Waals surface area (Å²) in [6.07, 6.45) is 2.48. The quantitative estimate of drug-likeness (QED) is 0.497. The smallest absolute Gasteiger partial charge is 0.253 e. The van der Waals surface area contributed by atoms with Crippen molar-refractivity contribution in [3.8, 4) is 11.5 Å². The second kappa shape index (κ2) is 12.0. The number of carbonyl (C=O) groups is 1. The number of amides is 1. The summed E-state index contributed by atoms with van der Waals surface area (Å²) < 4.78 is 23.0. The molecule has 1 aliphatic carbocycles. The Hall–Kier alpha value is -2.61. The Labute approximate surface area is 196 Å². The first-order valence-corrected chi connectivity index (χ1v) is 11.8. The Morgan fingerprint density at radius 3 is 2.64 bits per heavy atom. The van der Waals surface area contributed by atoms with Crippen LogP contribution in [0.1, 0.15) is 30.4 Å². The molecule has 1 saturated heterocycles. The topological polar surface area (TPSA) is 69.3 Å². The molecule has 2 aliphatic rings. The van der Waals surface area contributed by atoms with E-state index < -0.39 is 6.10 Å². The van der Waals surface area contributed by atoms with Gasteiger partial charge in [0.25, 0.3) is 5.91 Å². The van der Waals surface area contributed by atoms with Crippen LogP contribution in [0.25, 0.3) is 0 Å². The van der Waals surface area contributed by atoms with Crippen LogP contribution in [-0.2, 0) is 27.4 Å². The highest BCUT2D eigenvalue weighted by Crippen LogP contribution is 2.33. The number of rotatable bonds is 12. The molecular weight excluding hydrogens is 420 g/mol. The minimum atomic E-state index is -0.405. The Morgan fingerprint density at radius 1 is 1.06 bits per heavy atom. The molecule has 1 atom stereocenters. The van der Waals surface area contributed by atoms with Crippen molar-refractivity contribution in [3.05, 3.63) is 59.7 Å². The summed E-state index contributed by atoms with van der Waals surface area (Å²) in [5.41, 5.74) is 2.12. The molecule has 7 nitrogen and oxygen atoms in total. The molecule has 178 valence electrons. The summed E-state index contributed by atoms with van der Waals surface area (Å²) in [5, 5.41) is 3.25. The second-order valence-electron chi connectivity index (χ2n) is 8.51. The van der Waals surface area contributed by atoms with Gasteiger partial charge in [-0.3, -0.25) is 4.79 Å². The highest BCUT2D eigenvalue weighted by Gasteiger charge is 2.36. The van der Waals surface area contributed by atoms with E-state index in [0.29, 0.717) is 57.1 Å². The summed E-state index contributed by atoms with van der Waals surface area (Å²) in [5.74, 6) is 1.46. The van der Waals surface area contributed by atoms with Crippen LogP contribution in [0.2, 0.25) is 0 Å². The average molecular weight is 455 g/mol. The largest absolute Gasteiger partial charge is 0.490 e. The van der Waals surface area contributed by atoms with Gasteiger partial charge in [0.2, 0.25) is 0 Å². The van der Waals surface area contributed by atoms with Crippen LogP contribution in [0.5, 0.6) is 11.5 Å². The minimum Gasteiger partial charge on any atom is -0.490 e. The highest BCUT2D eigenvalue weighted by atomic mass is 16.5. The zero-order chi connectivity index (χ0) is 22.9. The summed E-state index contributed by atoms with van der Waals surface area (Å²) in [7, 11) is 1.68. The van der Waals surface area contributed by atoms with Gasteiger partial charge in [0, 0.05) is 45.8 Å². The van der Waals surface area contributed by atoms with Crippen LogP contribution in [-0.4, -0.2) is 63.0 Å². The maximum Gasteiger partial charge on any atom is 0.253 e. The molecule has 1 aliphatic heterocycles. The molecule has 1 heterocycles. The van der Waals surface area contributed by atoms with Crippen LogP contribution >= 0.6 is 0 Å². The lowest BCUT2D eigenvalue weighted by molar-refractivity contribution is -0.146. The van der Waals surface area contributed by atoms with Gasteiger partial charge in [0.05, 0.1) is 13.2 Å². The number of morpholine rings is 1. The molecule has 1 amide bonds. The molecule has 1 saturated carbocycles. The molecule has 4 rings (SSSR count). The van der Waals surface area contributed by atoms with Crippen molar-refractivity contribution in [2.75, 3.05) is 40.0 Å². The van der Waals surface area contributed by atoms with Crippen molar-refractivity contribution in [1.82, 2.24) is 10.2 Å². The third-order valence-electron chi connectivity index (χ3n) is 5.82. The molecule has 2 aromatic rings. The van der Waals surface area contributed by atoms with Crippen LogP contribution in [0.15, 0.2) is 48.5 Å². The predicted octanol–water partition coefficient (Wildman–Crippen LogP) is 3.16. The first-order chi connectivity index (χ1) is 16.2. The monoisotopic (exact) mass is 454 g/mol. The summed E-state index contributed by atoms with van der Waals surface area (Å²) in [6, 6.07) is 16.3. The van der Waals surface area contributed by atoms with E-state index in [1.54, 1.807) is 7.11 Å². The van der Waals surface area contributed by atoms with Crippen LogP contribution in [0.4, 0.5) is 0 Å². The van der Waals surface area contributed by atoms with Gasteiger partial charge in [-0.15, -0.1) is 0 Å². The van der Waals surface area contributed by atoms with E-state index in [4.69, 9.17) is 18.9 Å². The van der Waals surface area contributed by atoms with Gasteiger partial charge < -0.3 is 29.2 Å². The van der Waals surface area contributed by atoms with Gasteiger partial charge in [0.1, 0.15) is 12.7 Å². The number of nitrogens with zero attached hydrogens (tertiary/aromatic N) is 1. The van der Waals surface area contributed by atoms with E-state index in [0.717, 1.165) is 36.9 Å². The van der Waals surface area contributed by atoms with Crippen LogP contribution < -0.4 is 14.8 Å². The van der Waals surface area contributed by atoms with E-state index >= 15 is 0 Å². The first kappa shape index (κ1) is 23.5. The summed E-state index contributed by atoms with van der Waals surface area (Å²) in [4.78, 5) is 15.1. The van der Waals surface area contributed by atoms with Gasteiger partial charge in [-0.05, 0) is 36.1 Å². The standard InChI is InChI=1S/C26H34N2O5/c1-30-13-5-14-31-24-16-21(8-11-23(24)33-19-20-6-3-2-4-7-20)18-28(22-9-10-22)26(29)25-17-27-12-15-32-25/h2-4,6-8,11,16,22,25,27H,5,9-10,12-15,17-19H2,1H3. The number of hydrogen-bond donors (Lipinski definition) is 1. The first-order valence-electron chi connectivity index (χ1n) is 11.8. The predicted molar refractivity (Wildman–Crippen MR) is 125 cm³/mol. The number of nitrogens with one attached hydrogen (secondary N) is 1. The third kappa shape index (κ3) is 6.93. The molecule has 0 radical (unpaired) electrons. The number of carbonyl (C=O) groups excluding carboxylic acids is 1. The zero-order valence-corrected chi connectivity index (χ0v) is 19.3. The van der Waals surface area contributed by atoms with E-state index in [1.165, 1.54) is 0 Å². The lowest BCUT2D eigenvalue weighted by atomic mass is 10.1. The fourth-order valence-corrected chi connectivity index (χ4v) is 3.88. The lowest BCUT2D eigenvalue weighted by Gasteiger charge is -2.30. The molecule has 0 aromatic heterocycles. The van der Waals surface area contributed by atoms with Crippen molar-refractivity contribution in [3.63, 3.8) is 0 Å². The number of hydrogen-bond acceptors (Lipinski definition) is 6. The van der Waals surface area contributed by atoms with Crippen molar-refractivity contribution < 1.29 is 23.7 Å². The van der Waals surface area contributed by atoms with Gasteiger partial charge in [0.15, 0.2) is 11.5 Å². The zero-order valence-electron chi connectivity index (χ0n) is 19.3. The highest BCUT2D eigenvalue weighted by molar-refractivity contribution is 5.82. The van der Waals surface area contributed by atoms with Crippen molar-refractivity contribution in [2.45, 2.75) is 44.6 Å². The summed E-state index contributed by atoms with van der Waals surface area (Å²) >= 11 is 0. The van der Waals surface area contributed by atoms with Gasteiger partial charge >= 0.3 is 0 Å². The molecule has 0 bridgehead atoms. The molecule has 7 heteroatoms. The number of ether oxygens (including phenoxy) is 4. The molecule has 1 N–H and O–H groups in total. The Bertz CT molecular complexity index is 882. The molecule has 2 fully saturated rings. The normalized spacial score (nSPS) is 18.0. The van der Waals surface area contributed by atoms with Crippen molar-refractivity contribution in [2.24, 2.45) is 0 Å². The fourth-order valence-electron chi connectivity index (χ4n) is 3.88. The van der Waals surface area contributed by atoms with E-state index in [2.05, 4.69) is 5.32 Å². The van der Waals surface area contributed by atoms with Gasteiger partial charge in [-0.1, -0.05) is 36.4 Å². The fraction of sp³-hybridized carbons (Fsp3) is 0.500. The molecule has 33 heavy (non-hydrogen) atoms. The SMILES string of the molecule is COCCCOc1cc(CN(C(=O)C2CNCCO2)C2CC2)ccc1OCc1ccccc1. The van der Waals surface area contributed by atoms with Gasteiger partial charge in [-0.2, -0.15) is 0 Å². The van der Waals surface area contributed by atoms with Crippen LogP contribution in [0, 0.1) is 0 Å². The number of benzene rings is 2. The number of methoxy groups -OCH3 is 1. The third-order valence-corrected chi connectivity index (χ3v) is 5.82. The van der Waals surface area contributed by atoms with Crippen LogP contribution in [0.3, 0.4) is 0 Å². The second-order valence-corrected chi connectivity index (χ2v) is 8.51. The molecule has 0 spiro atoms. The van der Waals surface area contributed by atoms with E-state index in [9.17, 15) is 4.79 Å². The average Bonchev–Trinajstić information content (AvgIpc) is 3.71. The lowest BCUT2D eigenvalue weighted by Crippen LogP contribution is -2.49. The maximum absolute atomic E-state index is 13.1. The summed E-state index contributed by atoms with van der Waals surface area (Å²) in [6.45, 7) is 4.11. The van der Waals surface area contributed by atoms with E-state index in [1.807, 2.05) is 53.4 Å². The van der Waals surface area contributed by atoms with E-state index in [-0.39, 0.29) is 5.91 Å². The van der Waals surface area contributed by atoms with Gasteiger partial charge in [-0.25, -0.2) is 0 Å². The molecule has 1 unspecified atom stereocenters. The molecule has 2 aromatic carbocycles.